The van der Waals surface area contributed by atoms with Crippen LogP contribution in [0, 0.1) is 50.2 Å². The zero-order chi connectivity index (χ0) is 41.1. The van der Waals surface area contributed by atoms with Crippen molar-refractivity contribution in [2.24, 2.45) is 50.2 Å². The van der Waals surface area contributed by atoms with Crippen molar-refractivity contribution in [3.63, 3.8) is 0 Å². The summed E-state index contributed by atoms with van der Waals surface area (Å²) in [7, 11) is 0. The van der Waals surface area contributed by atoms with Crippen molar-refractivity contribution in [3.05, 3.63) is 11.6 Å². The van der Waals surface area contributed by atoms with Gasteiger partial charge in [-0.25, -0.2) is 0 Å². The predicted molar refractivity (Wildman–Crippen MR) is 198 cm³/mol. The predicted octanol–water partition coefficient (Wildman–Crippen LogP) is 2.41. The van der Waals surface area contributed by atoms with Crippen LogP contribution in [0.25, 0.3) is 0 Å². The molecule has 0 aromatic carbocycles. The van der Waals surface area contributed by atoms with Crippen LogP contribution in [0.2, 0.25) is 0 Å². The maximum absolute atomic E-state index is 14.6. The van der Waals surface area contributed by atoms with Crippen molar-refractivity contribution in [2.45, 2.75) is 180 Å². The molecule has 0 spiro atoms. The molecule has 14 heteroatoms. The average Bonchev–Trinajstić information content (AvgIpc) is 3.13. The minimum absolute atomic E-state index is 0.00694. The summed E-state index contributed by atoms with van der Waals surface area (Å²) >= 11 is 0. The first-order valence-electron chi connectivity index (χ1n) is 20.8. The molecular weight excluding hydrogens is 728 g/mol. The van der Waals surface area contributed by atoms with Gasteiger partial charge in [-0.1, -0.05) is 53.2 Å². The number of esters is 1. The molecule has 0 radical (unpaired) electrons. The Labute approximate surface area is 329 Å². The van der Waals surface area contributed by atoms with E-state index >= 15 is 0 Å². The zero-order valence-electron chi connectivity index (χ0n) is 34.0. The lowest BCUT2D eigenvalue weighted by Crippen LogP contribution is -2.68. The van der Waals surface area contributed by atoms with Crippen molar-refractivity contribution in [1.29, 1.82) is 0 Å². The maximum Gasteiger partial charge on any atom is 0.315 e. The number of fused-ring (bicyclic) bond motifs is 7. The van der Waals surface area contributed by atoms with Gasteiger partial charge in [-0.2, -0.15) is 0 Å². The van der Waals surface area contributed by atoms with Gasteiger partial charge in [0.15, 0.2) is 6.29 Å². The topological polar surface area (TPSA) is 233 Å². The minimum atomic E-state index is -1.74. The molecule has 0 bridgehead atoms. The molecule has 4 saturated carbocycles. The molecule has 6 fully saturated rings. The zero-order valence-corrected chi connectivity index (χ0v) is 34.0. The number of carboxylic acid groups (broad SMARTS) is 1. The minimum Gasteiger partial charge on any atom is -0.481 e. The molecule has 0 unspecified atom stereocenters. The summed E-state index contributed by atoms with van der Waals surface area (Å²) in [5.41, 5.74) is -3.13. The van der Waals surface area contributed by atoms with Gasteiger partial charge in [-0.15, -0.1) is 0 Å². The highest BCUT2D eigenvalue weighted by Gasteiger charge is 2.73. The Bertz CT molecular complexity index is 1560. The third-order valence-electron chi connectivity index (χ3n) is 17.0. The summed E-state index contributed by atoms with van der Waals surface area (Å²) in [5, 5.41) is 84.4. The van der Waals surface area contributed by atoms with E-state index in [1.165, 1.54) is 0 Å². The largest absolute Gasteiger partial charge is 0.481 e. The van der Waals surface area contributed by atoms with E-state index in [1.807, 2.05) is 0 Å². The van der Waals surface area contributed by atoms with E-state index in [9.17, 15) is 50.4 Å². The normalized spacial score (nSPS) is 52.3. The number of aliphatic carboxylic acids is 1. The molecule has 0 aromatic rings. The van der Waals surface area contributed by atoms with E-state index in [-0.39, 0.29) is 41.6 Å². The summed E-state index contributed by atoms with van der Waals surface area (Å²) in [5.74, 6) is -1.85. The molecule has 2 saturated heterocycles. The smallest absolute Gasteiger partial charge is 0.315 e. The molecule has 0 amide bonds. The highest BCUT2D eigenvalue weighted by molar-refractivity contribution is 5.85. The quantitative estimate of drug-likeness (QED) is 0.110. The van der Waals surface area contributed by atoms with Crippen molar-refractivity contribution in [3.8, 4) is 0 Å². The Hall–Kier alpha value is -1.72. The first kappa shape index (κ1) is 42.4. The van der Waals surface area contributed by atoms with Crippen molar-refractivity contribution in [2.75, 3.05) is 6.61 Å². The Balaban J connectivity index is 1.20. The summed E-state index contributed by atoms with van der Waals surface area (Å²) in [6, 6.07) is 0. The van der Waals surface area contributed by atoms with Gasteiger partial charge in [0, 0.05) is 0 Å². The summed E-state index contributed by atoms with van der Waals surface area (Å²) < 4.78 is 23.8. The molecule has 18 atom stereocenters. The van der Waals surface area contributed by atoms with Crippen LogP contribution < -0.4 is 0 Å². The fourth-order valence-electron chi connectivity index (χ4n) is 13.6. The van der Waals surface area contributed by atoms with Crippen molar-refractivity contribution < 1.29 is 69.4 Å². The molecule has 2 aliphatic heterocycles. The fraction of sp³-hybridized carbons (Fsp3) is 0.905. The number of hydrogen-bond acceptors (Lipinski definition) is 13. The molecule has 7 aliphatic rings. The van der Waals surface area contributed by atoms with Gasteiger partial charge >= 0.3 is 11.9 Å². The van der Waals surface area contributed by atoms with Crippen molar-refractivity contribution in [1.82, 2.24) is 0 Å². The van der Waals surface area contributed by atoms with Crippen LogP contribution in [0.3, 0.4) is 0 Å². The van der Waals surface area contributed by atoms with Crippen LogP contribution in [0.5, 0.6) is 0 Å². The van der Waals surface area contributed by atoms with E-state index in [0.29, 0.717) is 38.5 Å². The second-order valence-corrected chi connectivity index (χ2v) is 20.5. The fourth-order valence-corrected chi connectivity index (χ4v) is 13.6. The lowest BCUT2D eigenvalue weighted by molar-refractivity contribution is -0.324. The number of aliphatic hydroxyl groups excluding tert-OH is 7. The lowest BCUT2D eigenvalue weighted by Gasteiger charge is -2.70. The van der Waals surface area contributed by atoms with Crippen molar-refractivity contribution >= 4 is 11.9 Å². The molecular formula is C42H66O14. The number of allylic oxidation sites excluding steroid dienone is 1. The summed E-state index contributed by atoms with van der Waals surface area (Å²) in [4.78, 5) is 28.7. The SMILES string of the molecule is C[C@H]1O[C@@H](O[C@H]2CC[C@]3(C)[C@H]4CC=C5[C@@H]6CC(C)(C)CC[C@]6(C(=O)O[C@@H]6O[C@H](CO)[C@@H](O)[C@H](O)[C@H]6O)CC[C@@]5(C(=O)O)[C@]4(C)CC[C@H]3C2(C)C)[C@H](O)[C@@H](O)[C@@H]1O. The standard InChI is InChI=1S/C42H66O14/c1-20-27(44)29(46)31(48)33(53-20)55-26-11-12-39(6)24(38(26,4)5)10-13-40(7)25(39)9-8-21-22-18-37(2,3)14-15-41(22,16-17-42(21,40)35(50)51)36(52)56-34-32(49)30(47)28(45)23(19-43)54-34/h8,20,22-34,43-49H,9-19H2,1-7H3,(H,50,51)/t20-,22+,23-,24+,25-,26+,27-,28-,29+,30+,31-,32-,33+,34+,39+,40-,41+,42-/m1/s1. The number of hydrogen-bond donors (Lipinski definition) is 8. The van der Waals surface area contributed by atoms with Crippen LogP contribution in [0.15, 0.2) is 11.6 Å². The number of aliphatic hydroxyl groups is 7. The molecule has 0 aromatic heterocycles. The van der Waals surface area contributed by atoms with E-state index in [1.54, 1.807) is 6.92 Å². The lowest BCUT2D eigenvalue weighted by atomic mass is 9.33. The molecule has 7 rings (SSSR count). The van der Waals surface area contributed by atoms with E-state index in [0.717, 1.165) is 18.4 Å². The second-order valence-electron chi connectivity index (χ2n) is 20.5. The average molecular weight is 795 g/mol. The number of carbonyl (C=O) groups excluding carboxylic acids is 1. The maximum atomic E-state index is 14.6. The molecule has 56 heavy (non-hydrogen) atoms. The Kier molecular flexibility index (Phi) is 10.8. The molecule has 2 heterocycles. The van der Waals surface area contributed by atoms with Gasteiger partial charge in [0.1, 0.15) is 42.7 Å². The first-order chi connectivity index (χ1) is 26.0. The third-order valence-corrected chi connectivity index (χ3v) is 17.0. The van der Waals surface area contributed by atoms with Gasteiger partial charge in [-0.3, -0.25) is 9.59 Å². The summed E-state index contributed by atoms with van der Waals surface area (Å²) in [6.45, 7) is 14.1. The highest BCUT2D eigenvalue weighted by Crippen LogP contribution is 2.76. The molecule has 5 aliphatic carbocycles. The Morgan fingerprint density at radius 1 is 0.768 bits per heavy atom. The monoisotopic (exact) mass is 794 g/mol. The van der Waals surface area contributed by atoms with Crippen LogP contribution in [0.1, 0.15) is 113 Å². The van der Waals surface area contributed by atoms with Crippen LogP contribution in [0.4, 0.5) is 0 Å². The first-order valence-corrected chi connectivity index (χ1v) is 20.8. The second kappa shape index (κ2) is 14.2. The van der Waals surface area contributed by atoms with Gasteiger partial charge < -0.3 is 59.8 Å². The number of rotatable bonds is 6. The Morgan fingerprint density at radius 3 is 2.07 bits per heavy atom. The number of carbonyl (C=O) groups is 2. The summed E-state index contributed by atoms with van der Waals surface area (Å²) in [6.07, 6.45) is -6.40. The molecule has 318 valence electrons. The Morgan fingerprint density at radius 2 is 1.41 bits per heavy atom. The van der Waals surface area contributed by atoms with E-state index in [2.05, 4.69) is 47.6 Å². The molecule has 14 nitrogen and oxygen atoms in total. The van der Waals surface area contributed by atoms with E-state index in [4.69, 9.17) is 18.9 Å². The number of ether oxygens (including phenoxy) is 4. The highest BCUT2D eigenvalue weighted by atomic mass is 16.7. The van der Waals surface area contributed by atoms with Gasteiger partial charge in [0.25, 0.3) is 0 Å². The van der Waals surface area contributed by atoms with Crippen LogP contribution >= 0.6 is 0 Å². The van der Waals surface area contributed by atoms with Crippen LogP contribution in [-0.4, -0.2) is 127 Å². The van der Waals surface area contributed by atoms with Gasteiger partial charge in [-0.05, 0) is 111 Å². The van der Waals surface area contributed by atoms with E-state index < -0.39 is 108 Å². The number of carboxylic acids is 1. The third kappa shape index (κ3) is 6.01. The van der Waals surface area contributed by atoms with Gasteiger partial charge in [0.2, 0.25) is 6.29 Å². The molecule has 8 N–H and O–H groups in total. The van der Waals surface area contributed by atoms with Gasteiger partial charge in [0.05, 0.1) is 29.6 Å². The van der Waals surface area contributed by atoms with Crippen LogP contribution in [-0.2, 0) is 28.5 Å².